The van der Waals surface area contributed by atoms with Gasteiger partial charge in [-0.1, -0.05) is 18.2 Å². The second-order valence-electron chi connectivity index (χ2n) is 3.87. The van der Waals surface area contributed by atoms with Crippen molar-refractivity contribution in [3.63, 3.8) is 0 Å². The maximum absolute atomic E-state index is 12.1. The molecule has 1 aromatic carbocycles. The summed E-state index contributed by atoms with van der Waals surface area (Å²) in [5.74, 6) is -1.01. The molecule has 0 aliphatic carbocycles. The molecule has 2 rings (SSSR count). The smallest absolute Gasteiger partial charge is 0.329 e. The zero-order chi connectivity index (χ0) is 13.1. The molecule has 0 atom stereocenters. The van der Waals surface area contributed by atoms with E-state index in [-0.39, 0.29) is 12.2 Å². The Balaban J connectivity index is 2.53. The Labute approximate surface area is 104 Å². The summed E-state index contributed by atoms with van der Waals surface area (Å²) in [6.07, 6.45) is 2.51. The lowest BCUT2D eigenvalue weighted by Crippen LogP contribution is -2.23. The first kappa shape index (κ1) is 12.2. The summed E-state index contributed by atoms with van der Waals surface area (Å²) < 4.78 is 3.24. The Kier molecular flexibility index (Phi) is 3.32. The van der Waals surface area contributed by atoms with Gasteiger partial charge in [0.1, 0.15) is 0 Å². The van der Waals surface area contributed by atoms with Gasteiger partial charge in [-0.15, -0.1) is 0 Å². The number of allylic oxidation sites excluding steroid dienone is 1. The monoisotopic (exact) mass is 246 g/mol. The maximum Gasteiger partial charge on any atom is 0.329 e. The quantitative estimate of drug-likeness (QED) is 0.831. The highest BCUT2D eigenvalue weighted by molar-refractivity contribution is 5.80. The average molecular weight is 246 g/mol. The topological polar surface area (TPSA) is 64.2 Å². The maximum atomic E-state index is 12.1. The first-order valence-electron chi connectivity index (χ1n) is 5.72. The van der Waals surface area contributed by atoms with E-state index >= 15 is 0 Å². The lowest BCUT2D eigenvalue weighted by atomic mass is 10.3. The summed E-state index contributed by atoms with van der Waals surface area (Å²) in [6, 6.07) is 7.49. The number of benzene rings is 1. The number of carboxylic acids is 1. The van der Waals surface area contributed by atoms with Crippen LogP contribution in [-0.4, -0.2) is 20.2 Å². The molecular weight excluding hydrogens is 232 g/mol. The molecule has 18 heavy (non-hydrogen) atoms. The van der Waals surface area contributed by atoms with Crippen LogP contribution in [0.5, 0.6) is 0 Å². The van der Waals surface area contributed by atoms with Crippen LogP contribution in [0.4, 0.5) is 0 Å². The number of fused-ring (bicyclic) bond motifs is 1. The van der Waals surface area contributed by atoms with Gasteiger partial charge in [0.15, 0.2) is 0 Å². The molecule has 0 spiro atoms. The minimum Gasteiger partial charge on any atom is -0.478 e. The number of carboxylic acid groups (broad SMARTS) is 1. The molecule has 5 heteroatoms. The van der Waals surface area contributed by atoms with Crippen molar-refractivity contribution in [1.29, 1.82) is 0 Å². The van der Waals surface area contributed by atoms with E-state index in [9.17, 15) is 9.59 Å². The lowest BCUT2D eigenvalue weighted by molar-refractivity contribution is -0.131. The third kappa shape index (κ3) is 2.07. The fraction of sp³-hybridized carbons (Fsp3) is 0.231. The van der Waals surface area contributed by atoms with E-state index in [1.807, 2.05) is 31.2 Å². The summed E-state index contributed by atoms with van der Waals surface area (Å²) in [4.78, 5) is 22.6. The molecule has 94 valence electrons. The number of rotatable bonds is 4. The van der Waals surface area contributed by atoms with Crippen molar-refractivity contribution >= 4 is 17.0 Å². The van der Waals surface area contributed by atoms with Crippen LogP contribution in [0.1, 0.15) is 6.92 Å². The van der Waals surface area contributed by atoms with Crippen LogP contribution < -0.4 is 5.69 Å². The van der Waals surface area contributed by atoms with Crippen molar-refractivity contribution in [3.05, 3.63) is 46.9 Å². The number of carbonyl (C=O) groups is 1. The van der Waals surface area contributed by atoms with Crippen LogP contribution in [0.2, 0.25) is 0 Å². The van der Waals surface area contributed by atoms with E-state index < -0.39 is 5.97 Å². The predicted molar refractivity (Wildman–Crippen MR) is 68.6 cm³/mol. The normalized spacial score (nSPS) is 11.4. The summed E-state index contributed by atoms with van der Waals surface area (Å²) in [5.41, 5.74) is 1.57. The SMILES string of the molecule is CCn1c(=O)n(CC=CC(=O)O)c2ccccc21. The van der Waals surface area contributed by atoms with E-state index in [2.05, 4.69) is 0 Å². The second-order valence-corrected chi connectivity index (χ2v) is 3.87. The molecule has 0 aliphatic heterocycles. The minimum atomic E-state index is -1.01. The molecule has 0 aliphatic rings. The summed E-state index contributed by atoms with van der Waals surface area (Å²) >= 11 is 0. The van der Waals surface area contributed by atoms with Crippen LogP contribution in [-0.2, 0) is 17.9 Å². The molecule has 2 aromatic rings. The first-order valence-corrected chi connectivity index (χ1v) is 5.72. The summed E-state index contributed by atoms with van der Waals surface area (Å²) in [6.45, 7) is 2.76. The van der Waals surface area contributed by atoms with Crippen molar-refractivity contribution in [2.75, 3.05) is 0 Å². The molecular formula is C13H14N2O3. The fourth-order valence-electron chi connectivity index (χ4n) is 2.01. The molecule has 0 amide bonds. The number of para-hydroxylation sites is 2. The van der Waals surface area contributed by atoms with Crippen LogP contribution >= 0.6 is 0 Å². The molecule has 0 saturated heterocycles. The van der Waals surface area contributed by atoms with E-state index in [4.69, 9.17) is 5.11 Å². The number of hydrogen-bond donors (Lipinski definition) is 1. The van der Waals surface area contributed by atoms with Gasteiger partial charge >= 0.3 is 11.7 Å². The first-order chi connectivity index (χ1) is 8.65. The highest BCUT2D eigenvalue weighted by Gasteiger charge is 2.09. The van der Waals surface area contributed by atoms with E-state index in [0.29, 0.717) is 6.54 Å². The number of imidazole rings is 1. The molecule has 0 bridgehead atoms. The van der Waals surface area contributed by atoms with Crippen LogP contribution in [0.15, 0.2) is 41.2 Å². The van der Waals surface area contributed by atoms with Crippen LogP contribution in [0.25, 0.3) is 11.0 Å². The van der Waals surface area contributed by atoms with Crippen molar-refractivity contribution in [3.8, 4) is 0 Å². The third-order valence-corrected chi connectivity index (χ3v) is 2.79. The Hall–Kier alpha value is -2.30. The summed E-state index contributed by atoms with van der Waals surface area (Å²) in [5, 5.41) is 8.55. The Morgan fingerprint density at radius 1 is 1.28 bits per heavy atom. The van der Waals surface area contributed by atoms with Gasteiger partial charge in [0.25, 0.3) is 0 Å². The van der Waals surface area contributed by atoms with Crippen molar-refractivity contribution in [2.45, 2.75) is 20.0 Å². The van der Waals surface area contributed by atoms with Crippen molar-refractivity contribution in [2.24, 2.45) is 0 Å². The second kappa shape index (κ2) is 4.91. The lowest BCUT2D eigenvalue weighted by Gasteiger charge is -1.96. The molecule has 0 unspecified atom stereocenters. The van der Waals surface area contributed by atoms with Crippen LogP contribution in [0.3, 0.4) is 0 Å². The highest BCUT2D eigenvalue weighted by atomic mass is 16.4. The number of hydrogen-bond acceptors (Lipinski definition) is 2. The Morgan fingerprint density at radius 2 is 1.89 bits per heavy atom. The molecule has 1 N–H and O–H groups in total. The zero-order valence-electron chi connectivity index (χ0n) is 10.0. The van der Waals surface area contributed by atoms with Crippen molar-refractivity contribution in [1.82, 2.24) is 9.13 Å². The van der Waals surface area contributed by atoms with Gasteiger partial charge in [-0.2, -0.15) is 0 Å². The van der Waals surface area contributed by atoms with Gasteiger partial charge in [0.2, 0.25) is 0 Å². The molecule has 1 aromatic heterocycles. The number of aliphatic carboxylic acids is 1. The standard InChI is InChI=1S/C13H14N2O3/c1-2-14-10-6-3-4-7-11(10)15(13(14)18)9-5-8-12(16)17/h3-8H,2,9H2,1H3,(H,16,17). The van der Waals surface area contributed by atoms with Crippen molar-refractivity contribution < 1.29 is 9.90 Å². The largest absolute Gasteiger partial charge is 0.478 e. The van der Waals surface area contributed by atoms with Gasteiger partial charge in [0.05, 0.1) is 11.0 Å². The Bertz CT molecular complexity index is 664. The zero-order valence-corrected chi connectivity index (χ0v) is 10.0. The minimum absolute atomic E-state index is 0.117. The highest BCUT2D eigenvalue weighted by Crippen LogP contribution is 2.12. The number of aromatic nitrogens is 2. The van der Waals surface area contributed by atoms with Gasteiger partial charge in [-0.3, -0.25) is 9.13 Å². The predicted octanol–water partition coefficient (Wildman–Crippen LogP) is 1.46. The molecule has 1 heterocycles. The van der Waals surface area contributed by atoms with Gasteiger partial charge in [-0.05, 0) is 19.1 Å². The molecule has 0 radical (unpaired) electrons. The van der Waals surface area contributed by atoms with Gasteiger partial charge in [-0.25, -0.2) is 9.59 Å². The van der Waals surface area contributed by atoms with E-state index in [0.717, 1.165) is 17.1 Å². The number of nitrogens with zero attached hydrogens (tertiary/aromatic N) is 2. The average Bonchev–Trinajstić information content (AvgIpc) is 2.62. The van der Waals surface area contributed by atoms with E-state index in [1.165, 1.54) is 6.08 Å². The molecule has 0 saturated carbocycles. The molecule has 5 nitrogen and oxygen atoms in total. The number of aryl methyl sites for hydroxylation is 1. The Morgan fingerprint density at radius 3 is 2.44 bits per heavy atom. The van der Waals surface area contributed by atoms with Gasteiger partial charge < -0.3 is 5.11 Å². The van der Waals surface area contributed by atoms with E-state index in [1.54, 1.807) is 9.13 Å². The summed E-state index contributed by atoms with van der Waals surface area (Å²) in [7, 11) is 0. The third-order valence-electron chi connectivity index (χ3n) is 2.79. The molecule has 0 fully saturated rings. The van der Waals surface area contributed by atoms with Gasteiger partial charge in [0, 0.05) is 19.2 Å². The fourth-order valence-corrected chi connectivity index (χ4v) is 2.01. The van der Waals surface area contributed by atoms with Crippen LogP contribution in [0, 0.1) is 0 Å².